The van der Waals surface area contributed by atoms with Crippen molar-refractivity contribution in [2.75, 3.05) is 13.2 Å². The zero-order valence-corrected chi connectivity index (χ0v) is 47.5. The van der Waals surface area contributed by atoms with E-state index in [0.717, 1.165) is 83.5 Å². The molecule has 0 saturated heterocycles. The molecular weight excluding hydrogens is 877 g/mol. The van der Waals surface area contributed by atoms with Crippen molar-refractivity contribution < 1.29 is 28.6 Å². The second-order valence-electron chi connectivity index (χ2n) is 21.1. The van der Waals surface area contributed by atoms with Crippen molar-refractivity contribution in [2.45, 2.75) is 335 Å². The summed E-state index contributed by atoms with van der Waals surface area (Å²) in [4.78, 5) is 38.3. The fraction of sp³-hybridized carbons (Fsp3) is 0.831. The Morgan fingerprint density at radius 3 is 0.817 bits per heavy atom. The van der Waals surface area contributed by atoms with Crippen molar-refractivity contribution in [1.29, 1.82) is 0 Å². The fourth-order valence-electron chi connectivity index (χ4n) is 9.22. The van der Waals surface area contributed by atoms with E-state index < -0.39 is 6.10 Å². The smallest absolute Gasteiger partial charge is 0.306 e. The van der Waals surface area contributed by atoms with Gasteiger partial charge in [-0.05, 0) is 44.9 Å². The van der Waals surface area contributed by atoms with Gasteiger partial charge in [0.1, 0.15) is 13.2 Å². The molecule has 0 aromatic carbocycles. The Balaban J connectivity index is 4.37. The highest BCUT2D eigenvalue weighted by molar-refractivity contribution is 5.71. The summed E-state index contributed by atoms with van der Waals surface area (Å²) in [5.74, 6) is -0.879. The predicted octanol–water partition coefficient (Wildman–Crippen LogP) is 21.0. The zero-order chi connectivity index (χ0) is 51.4. The number of rotatable bonds is 57. The van der Waals surface area contributed by atoms with E-state index in [1.807, 2.05) is 0 Å². The first-order valence-electron chi connectivity index (χ1n) is 31.2. The summed E-state index contributed by atoms with van der Waals surface area (Å²) in [5, 5.41) is 0. The normalized spacial score (nSPS) is 12.3. The first-order valence-corrected chi connectivity index (χ1v) is 31.2. The number of hydrogen-bond acceptors (Lipinski definition) is 6. The minimum Gasteiger partial charge on any atom is -0.462 e. The molecule has 0 aromatic rings. The molecular formula is C65H118O6. The van der Waals surface area contributed by atoms with Crippen LogP contribution in [0.1, 0.15) is 329 Å². The van der Waals surface area contributed by atoms with Crippen LogP contribution < -0.4 is 0 Å². The summed E-state index contributed by atoms with van der Waals surface area (Å²) in [6, 6.07) is 0. The van der Waals surface area contributed by atoms with Gasteiger partial charge in [0.2, 0.25) is 0 Å². The predicted molar refractivity (Wildman–Crippen MR) is 307 cm³/mol. The van der Waals surface area contributed by atoms with E-state index >= 15 is 0 Å². The first-order chi connectivity index (χ1) is 35.0. The molecule has 6 heteroatoms. The van der Waals surface area contributed by atoms with E-state index in [-0.39, 0.29) is 31.1 Å². The average Bonchev–Trinajstić information content (AvgIpc) is 3.37. The summed E-state index contributed by atoms with van der Waals surface area (Å²) < 4.78 is 16.9. The van der Waals surface area contributed by atoms with Gasteiger partial charge in [-0.1, -0.05) is 313 Å². The molecule has 0 rings (SSSR count). The maximum atomic E-state index is 12.9. The number of esters is 3. The summed E-state index contributed by atoms with van der Waals surface area (Å²) >= 11 is 0. The van der Waals surface area contributed by atoms with Gasteiger partial charge in [0, 0.05) is 19.3 Å². The zero-order valence-electron chi connectivity index (χ0n) is 47.5. The van der Waals surface area contributed by atoms with Crippen molar-refractivity contribution in [2.24, 2.45) is 0 Å². The molecule has 1 unspecified atom stereocenters. The maximum absolute atomic E-state index is 12.9. The van der Waals surface area contributed by atoms with Gasteiger partial charge < -0.3 is 14.2 Å². The molecule has 1 atom stereocenters. The maximum Gasteiger partial charge on any atom is 0.306 e. The first kappa shape index (κ1) is 68.4. The second kappa shape index (κ2) is 59.9. The number of ether oxygens (including phenoxy) is 3. The van der Waals surface area contributed by atoms with Crippen LogP contribution in [0.25, 0.3) is 0 Å². The molecule has 414 valence electrons. The largest absolute Gasteiger partial charge is 0.462 e. The Hall–Kier alpha value is -2.63. The van der Waals surface area contributed by atoms with Crippen LogP contribution in [0, 0.1) is 0 Å². The van der Waals surface area contributed by atoms with Gasteiger partial charge in [-0.2, -0.15) is 0 Å². The Morgan fingerprint density at radius 1 is 0.282 bits per heavy atom. The molecule has 0 aromatic heterocycles. The average molecular weight is 996 g/mol. The molecule has 0 radical (unpaired) electrons. The molecule has 0 saturated carbocycles. The van der Waals surface area contributed by atoms with Crippen molar-refractivity contribution in [3.63, 3.8) is 0 Å². The molecule has 0 fully saturated rings. The lowest BCUT2D eigenvalue weighted by Crippen LogP contribution is -2.30. The highest BCUT2D eigenvalue weighted by atomic mass is 16.6. The molecule has 0 spiro atoms. The Kier molecular flexibility index (Phi) is 57.7. The van der Waals surface area contributed by atoms with Crippen molar-refractivity contribution >= 4 is 17.9 Å². The monoisotopic (exact) mass is 995 g/mol. The molecule has 0 heterocycles. The Bertz CT molecular complexity index is 1230. The van der Waals surface area contributed by atoms with E-state index in [4.69, 9.17) is 14.2 Å². The minimum atomic E-state index is -0.783. The Morgan fingerprint density at radius 2 is 0.507 bits per heavy atom. The van der Waals surface area contributed by atoms with Gasteiger partial charge in [-0.25, -0.2) is 0 Å². The third-order valence-corrected chi connectivity index (χ3v) is 13.9. The molecule has 0 aliphatic carbocycles. The SMILES string of the molecule is CCCCC\C=C/C=C\C=C/C=C\CCCCCCCC(=O)OC(COC(=O)CCCCCCCCCCCCCCCCCC)COC(=O)CCCCCCCCCCCCCCCCCCCCC. The number of allylic oxidation sites excluding steroid dienone is 8. The minimum absolute atomic E-state index is 0.0782. The molecule has 71 heavy (non-hydrogen) atoms. The second-order valence-corrected chi connectivity index (χ2v) is 21.1. The van der Waals surface area contributed by atoms with Crippen LogP contribution in [-0.2, 0) is 28.6 Å². The third-order valence-electron chi connectivity index (χ3n) is 13.9. The van der Waals surface area contributed by atoms with Gasteiger partial charge in [-0.15, -0.1) is 0 Å². The highest BCUT2D eigenvalue weighted by Crippen LogP contribution is 2.17. The van der Waals surface area contributed by atoms with Crippen LogP contribution in [0.5, 0.6) is 0 Å². The van der Waals surface area contributed by atoms with Crippen LogP contribution in [0.2, 0.25) is 0 Å². The van der Waals surface area contributed by atoms with Crippen LogP contribution in [0.4, 0.5) is 0 Å². The number of hydrogen-bond donors (Lipinski definition) is 0. The standard InChI is InChI=1S/C65H118O6/c1-4-7-10-13-16-19-22-25-28-31-33-35-37-40-43-46-49-52-55-58-64(67)70-61-62(60-69-63(66)57-54-51-48-45-42-39-36-30-27-24-21-18-15-12-9-6-3)71-65(68)59-56-53-50-47-44-41-38-34-32-29-26-23-20-17-14-11-8-5-2/h17,20,23,26,29,32,34,38,62H,4-16,18-19,21-22,24-25,27-28,30-31,33,35-37,39-61H2,1-3H3/b20-17-,26-23-,32-29-,38-34-. The van der Waals surface area contributed by atoms with Crippen LogP contribution in [-0.4, -0.2) is 37.2 Å². The van der Waals surface area contributed by atoms with Crippen LogP contribution in [0.15, 0.2) is 48.6 Å². The van der Waals surface area contributed by atoms with E-state index in [2.05, 4.69) is 69.4 Å². The molecule has 0 amide bonds. The van der Waals surface area contributed by atoms with Crippen LogP contribution in [0.3, 0.4) is 0 Å². The van der Waals surface area contributed by atoms with Gasteiger partial charge in [0.25, 0.3) is 0 Å². The van der Waals surface area contributed by atoms with Crippen LogP contribution >= 0.6 is 0 Å². The van der Waals surface area contributed by atoms with Gasteiger partial charge >= 0.3 is 17.9 Å². The Labute approximate surface area is 441 Å². The summed E-state index contributed by atoms with van der Waals surface area (Å²) in [6.07, 6.45) is 73.9. The number of unbranched alkanes of at least 4 members (excludes halogenated alkanes) is 41. The molecule has 0 aliphatic rings. The van der Waals surface area contributed by atoms with Crippen molar-refractivity contribution in [3.8, 4) is 0 Å². The molecule has 0 N–H and O–H groups in total. The van der Waals surface area contributed by atoms with Crippen molar-refractivity contribution in [3.05, 3.63) is 48.6 Å². The van der Waals surface area contributed by atoms with E-state index in [1.165, 1.54) is 205 Å². The number of carbonyl (C=O) groups is 3. The van der Waals surface area contributed by atoms with E-state index in [1.54, 1.807) is 0 Å². The van der Waals surface area contributed by atoms with Gasteiger partial charge in [0.05, 0.1) is 0 Å². The lowest BCUT2D eigenvalue weighted by atomic mass is 10.0. The fourth-order valence-corrected chi connectivity index (χ4v) is 9.22. The van der Waals surface area contributed by atoms with E-state index in [9.17, 15) is 14.4 Å². The third kappa shape index (κ3) is 58.1. The lowest BCUT2D eigenvalue weighted by molar-refractivity contribution is -0.167. The lowest BCUT2D eigenvalue weighted by Gasteiger charge is -2.18. The van der Waals surface area contributed by atoms with E-state index in [0.29, 0.717) is 19.3 Å². The highest BCUT2D eigenvalue weighted by Gasteiger charge is 2.19. The quantitative estimate of drug-likeness (QED) is 0.0261. The number of carbonyl (C=O) groups excluding carboxylic acids is 3. The van der Waals surface area contributed by atoms with Crippen molar-refractivity contribution in [1.82, 2.24) is 0 Å². The molecule has 0 bridgehead atoms. The van der Waals surface area contributed by atoms with Gasteiger partial charge in [0.15, 0.2) is 6.10 Å². The van der Waals surface area contributed by atoms with Gasteiger partial charge in [-0.3, -0.25) is 14.4 Å². The summed E-state index contributed by atoms with van der Waals surface area (Å²) in [5.41, 5.74) is 0. The summed E-state index contributed by atoms with van der Waals surface area (Å²) in [6.45, 7) is 6.64. The topological polar surface area (TPSA) is 78.9 Å². The molecule has 0 aliphatic heterocycles. The summed E-state index contributed by atoms with van der Waals surface area (Å²) in [7, 11) is 0. The molecule has 6 nitrogen and oxygen atoms in total.